The zero-order valence-corrected chi connectivity index (χ0v) is 24.3. The number of nitrogens with zero attached hydrogens (tertiary/aromatic N) is 4. The second-order valence-electron chi connectivity index (χ2n) is 11.3. The lowest BCUT2D eigenvalue weighted by Crippen LogP contribution is -2.46. The maximum absolute atomic E-state index is 12.5. The van der Waals surface area contributed by atoms with Gasteiger partial charge in [0.15, 0.2) is 0 Å². The Labute approximate surface area is 235 Å². The lowest BCUT2D eigenvalue weighted by atomic mass is 9.97. The number of hydrogen-bond acceptors (Lipinski definition) is 7. The Morgan fingerprint density at radius 1 is 1.23 bits per heavy atom. The second-order valence-corrected chi connectivity index (χ2v) is 11.3. The van der Waals surface area contributed by atoms with Gasteiger partial charge in [0.1, 0.15) is 11.9 Å². The van der Waals surface area contributed by atoms with Crippen molar-refractivity contribution in [1.29, 1.82) is 0 Å². The SMILES string of the molecule is CC(=O)N1CCC[C@H](Cn2c(-c3cc(C)c(=O)n(C)c3)nc3cc(CN[C@H](C(=O)OC(C)C)[C@@H](C)O)ccc32)C1. The number of carbonyl (C=O) groups excluding carboxylic acids is 2. The maximum Gasteiger partial charge on any atom is 0.326 e. The van der Waals surface area contributed by atoms with Gasteiger partial charge in [-0.05, 0) is 70.2 Å². The Kier molecular flexibility index (Phi) is 9.10. The molecule has 0 spiro atoms. The number of pyridine rings is 1. The van der Waals surface area contributed by atoms with Crippen molar-refractivity contribution in [3.05, 3.63) is 51.9 Å². The van der Waals surface area contributed by atoms with Crippen LogP contribution >= 0.6 is 0 Å². The van der Waals surface area contributed by atoms with Gasteiger partial charge in [-0.25, -0.2) is 4.98 Å². The van der Waals surface area contributed by atoms with Gasteiger partial charge in [-0.2, -0.15) is 0 Å². The number of piperidine rings is 1. The fourth-order valence-corrected chi connectivity index (χ4v) is 5.43. The minimum atomic E-state index is -0.918. The summed E-state index contributed by atoms with van der Waals surface area (Å²) < 4.78 is 9.07. The number of aliphatic hydroxyl groups excluding tert-OH is 1. The zero-order valence-electron chi connectivity index (χ0n) is 24.3. The topological polar surface area (TPSA) is 119 Å². The van der Waals surface area contributed by atoms with Crippen LogP contribution in [0, 0.1) is 12.8 Å². The van der Waals surface area contributed by atoms with E-state index in [-0.39, 0.29) is 23.5 Å². The Balaban J connectivity index is 1.68. The summed E-state index contributed by atoms with van der Waals surface area (Å²) in [5.41, 5.74) is 4.09. The van der Waals surface area contributed by atoms with Crippen LogP contribution in [0.25, 0.3) is 22.4 Å². The summed E-state index contributed by atoms with van der Waals surface area (Å²) in [5, 5.41) is 13.3. The quantitative estimate of drug-likeness (QED) is 0.393. The summed E-state index contributed by atoms with van der Waals surface area (Å²) in [6.45, 7) is 11.1. The van der Waals surface area contributed by atoms with Crippen molar-refractivity contribution in [2.24, 2.45) is 13.0 Å². The van der Waals surface area contributed by atoms with Crippen LogP contribution < -0.4 is 10.9 Å². The molecule has 2 N–H and O–H groups in total. The summed E-state index contributed by atoms with van der Waals surface area (Å²) >= 11 is 0. The highest BCUT2D eigenvalue weighted by Gasteiger charge is 2.27. The number of rotatable bonds is 9. The van der Waals surface area contributed by atoms with Crippen LogP contribution in [0.1, 0.15) is 51.7 Å². The van der Waals surface area contributed by atoms with Gasteiger partial charge in [0.25, 0.3) is 5.56 Å². The van der Waals surface area contributed by atoms with Crippen LogP contribution in [0.3, 0.4) is 0 Å². The number of ether oxygens (including phenoxy) is 1. The first-order valence-electron chi connectivity index (χ1n) is 14.0. The van der Waals surface area contributed by atoms with Crippen molar-refractivity contribution in [2.45, 2.75) is 78.8 Å². The molecule has 10 nitrogen and oxygen atoms in total. The molecule has 216 valence electrons. The van der Waals surface area contributed by atoms with Gasteiger partial charge in [-0.1, -0.05) is 6.07 Å². The van der Waals surface area contributed by atoms with Crippen molar-refractivity contribution in [1.82, 2.24) is 24.3 Å². The van der Waals surface area contributed by atoms with Gasteiger partial charge in [0.2, 0.25) is 5.91 Å². The lowest BCUT2D eigenvalue weighted by molar-refractivity contribution is -0.152. The smallest absolute Gasteiger partial charge is 0.326 e. The maximum atomic E-state index is 12.5. The molecule has 3 atom stereocenters. The summed E-state index contributed by atoms with van der Waals surface area (Å²) in [6.07, 6.45) is 2.60. The van der Waals surface area contributed by atoms with Gasteiger partial charge in [-0.15, -0.1) is 0 Å². The van der Waals surface area contributed by atoms with Gasteiger partial charge in [0.05, 0.1) is 23.2 Å². The number of nitrogens with one attached hydrogen (secondary N) is 1. The third kappa shape index (κ3) is 6.62. The van der Waals surface area contributed by atoms with E-state index in [0.29, 0.717) is 25.2 Å². The van der Waals surface area contributed by atoms with Crippen molar-refractivity contribution in [2.75, 3.05) is 13.1 Å². The van der Waals surface area contributed by atoms with Crippen LogP contribution in [-0.2, 0) is 34.5 Å². The first-order chi connectivity index (χ1) is 18.9. The normalized spacial score (nSPS) is 17.3. The Morgan fingerprint density at radius 3 is 2.62 bits per heavy atom. The Bertz CT molecular complexity index is 1410. The number of carbonyl (C=O) groups is 2. The molecule has 40 heavy (non-hydrogen) atoms. The van der Waals surface area contributed by atoms with E-state index >= 15 is 0 Å². The number of likely N-dealkylation sites (tertiary alicyclic amines) is 1. The largest absolute Gasteiger partial charge is 0.462 e. The fourth-order valence-electron chi connectivity index (χ4n) is 5.43. The predicted octanol–water partition coefficient (Wildman–Crippen LogP) is 2.76. The minimum absolute atomic E-state index is 0.0483. The molecule has 4 rings (SSSR count). The molecular formula is C30H41N5O5. The molecule has 1 aromatic carbocycles. The Hall–Kier alpha value is -3.50. The molecular weight excluding hydrogens is 510 g/mol. The lowest BCUT2D eigenvalue weighted by Gasteiger charge is -2.32. The van der Waals surface area contributed by atoms with Crippen LogP contribution in [0.15, 0.2) is 35.3 Å². The number of amides is 1. The molecule has 0 saturated carbocycles. The van der Waals surface area contributed by atoms with E-state index in [1.165, 1.54) is 0 Å². The summed E-state index contributed by atoms with van der Waals surface area (Å²) in [4.78, 5) is 43.8. The van der Waals surface area contributed by atoms with E-state index in [1.807, 2.05) is 35.4 Å². The molecule has 0 aliphatic carbocycles. The molecule has 1 fully saturated rings. The van der Waals surface area contributed by atoms with Gasteiger partial charge < -0.3 is 23.9 Å². The second kappa shape index (κ2) is 12.3. The number of aromatic nitrogens is 3. The highest BCUT2D eigenvalue weighted by molar-refractivity contribution is 5.81. The average Bonchev–Trinajstić information content (AvgIpc) is 3.24. The standard InChI is InChI=1S/C30H41N5O5/c1-18(2)40-30(39)27(20(4)36)31-14-22-9-10-26-25(13-22)32-28(24-12-19(3)29(38)33(6)17-24)35(26)16-23-8-7-11-34(15-23)21(5)37/h9-10,12-13,17-18,20,23,27,31,36H,7-8,11,14-16H2,1-6H3/t20-,23+,27+/m1/s1. The van der Waals surface area contributed by atoms with E-state index in [2.05, 4.69) is 9.88 Å². The Morgan fingerprint density at radius 2 is 1.98 bits per heavy atom. The average molecular weight is 552 g/mol. The highest BCUT2D eigenvalue weighted by atomic mass is 16.5. The van der Waals surface area contributed by atoms with Crippen LogP contribution in [0.4, 0.5) is 0 Å². The molecule has 0 unspecified atom stereocenters. The number of imidazole rings is 1. The number of aryl methyl sites for hydroxylation is 2. The van der Waals surface area contributed by atoms with E-state index in [9.17, 15) is 19.5 Å². The van der Waals surface area contributed by atoms with E-state index in [0.717, 1.165) is 47.4 Å². The first kappa shape index (κ1) is 29.5. The minimum Gasteiger partial charge on any atom is -0.462 e. The van der Waals surface area contributed by atoms with E-state index < -0.39 is 18.1 Å². The van der Waals surface area contributed by atoms with Crippen molar-refractivity contribution >= 4 is 22.9 Å². The molecule has 1 amide bonds. The number of fused-ring (bicyclic) bond motifs is 1. The van der Waals surface area contributed by atoms with Gasteiger partial charge >= 0.3 is 5.97 Å². The summed E-state index contributed by atoms with van der Waals surface area (Å²) in [6, 6.07) is 7.01. The van der Waals surface area contributed by atoms with Gasteiger partial charge in [0, 0.05) is 57.5 Å². The molecule has 2 aromatic heterocycles. The third-order valence-corrected chi connectivity index (χ3v) is 7.45. The molecule has 3 aromatic rings. The van der Waals surface area contributed by atoms with E-state index in [1.54, 1.807) is 46.2 Å². The molecule has 10 heteroatoms. The van der Waals surface area contributed by atoms with Crippen LogP contribution in [0.5, 0.6) is 0 Å². The summed E-state index contributed by atoms with van der Waals surface area (Å²) in [5.74, 6) is 0.650. The van der Waals surface area contributed by atoms with E-state index in [4.69, 9.17) is 9.72 Å². The fraction of sp³-hybridized carbons (Fsp3) is 0.533. The number of hydrogen-bond donors (Lipinski definition) is 2. The van der Waals surface area contributed by atoms with Crippen molar-refractivity contribution in [3.63, 3.8) is 0 Å². The number of esters is 1. The molecule has 1 aliphatic rings. The van der Waals surface area contributed by atoms with Crippen LogP contribution in [-0.4, -0.2) is 67.3 Å². The predicted molar refractivity (Wildman–Crippen MR) is 154 cm³/mol. The third-order valence-electron chi connectivity index (χ3n) is 7.45. The summed E-state index contributed by atoms with van der Waals surface area (Å²) in [7, 11) is 1.74. The van der Waals surface area contributed by atoms with Crippen molar-refractivity contribution < 1.29 is 19.4 Å². The van der Waals surface area contributed by atoms with Gasteiger partial charge in [-0.3, -0.25) is 19.7 Å². The molecule has 3 heterocycles. The van der Waals surface area contributed by atoms with Crippen molar-refractivity contribution in [3.8, 4) is 11.4 Å². The monoisotopic (exact) mass is 551 g/mol. The number of benzene rings is 1. The number of aliphatic hydroxyl groups is 1. The molecule has 0 radical (unpaired) electrons. The first-order valence-corrected chi connectivity index (χ1v) is 14.0. The molecule has 1 aliphatic heterocycles. The molecule has 0 bridgehead atoms. The van der Waals surface area contributed by atoms with Crippen LogP contribution in [0.2, 0.25) is 0 Å². The molecule has 1 saturated heterocycles. The zero-order chi connectivity index (χ0) is 29.1. The highest BCUT2D eigenvalue weighted by Crippen LogP contribution is 2.29.